The Hall–Kier alpha value is -1.95. The van der Waals surface area contributed by atoms with E-state index in [4.69, 9.17) is 5.73 Å². The molecule has 2 rings (SSSR count). The van der Waals surface area contributed by atoms with Crippen molar-refractivity contribution in [2.24, 2.45) is 11.1 Å². The SMILES string of the molecule is CC(C)(C)C(=O)NCCC(=O)N1CC[C@H](c2ccc(F)cc2)[C@@H](N)C1. The van der Waals surface area contributed by atoms with E-state index in [1.165, 1.54) is 12.1 Å². The Morgan fingerprint density at radius 3 is 2.48 bits per heavy atom. The van der Waals surface area contributed by atoms with E-state index < -0.39 is 5.41 Å². The van der Waals surface area contributed by atoms with Gasteiger partial charge in [0.1, 0.15) is 5.82 Å². The van der Waals surface area contributed by atoms with Gasteiger partial charge in [-0.15, -0.1) is 0 Å². The second-order valence-electron chi connectivity index (χ2n) is 7.71. The molecule has 2 atom stereocenters. The highest BCUT2D eigenvalue weighted by atomic mass is 19.1. The van der Waals surface area contributed by atoms with Crippen LogP contribution in [0.1, 0.15) is 45.1 Å². The molecule has 1 aliphatic heterocycles. The molecule has 0 aromatic heterocycles. The first-order valence-electron chi connectivity index (χ1n) is 8.75. The van der Waals surface area contributed by atoms with E-state index in [0.717, 1.165) is 12.0 Å². The molecule has 3 N–H and O–H groups in total. The number of nitrogens with two attached hydrogens (primary N) is 1. The average Bonchev–Trinajstić information content (AvgIpc) is 2.54. The highest BCUT2D eigenvalue weighted by Crippen LogP contribution is 2.27. The molecule has 25 heavy (non-hydrogen) atoms. The summed E-state index contributed by atoms with van der Waals surface area (Å²) in [6.07, 6.45) is 1.03. The molecule has 0 bridgehead atoms. The minimum Gasteiger partial charge on any atom is -0.355 e. The number of piperidine rings is 1. The number of nitrogens with one attached hydrogen (secondary N) is 1. The first-order chi connectivity index (χ1) is 11.7. The van der Waals surface area contributed by atoms with Crippen molar-refractivity contribution in [2.75, 3.05) is 19.6 Å². The summed E-state index contributed by atoms with van der Waals surface area (Å²) in [6.45, 7) is 6.95. The van der Waals surface area contributed by atoms with Crippen LogP contribution < -0.4 is 11.1 Å². The number of benzene rings is 1. The Morgan fingerprint density at radius 1 is 1.28 bits per heavy atom. The van der Waals surface area contributed by atoms with E-state index in [1.54, 1.807) is 17.0 Å². The van der Waals surface area contributed by atoms with Gasteiger partial charge >= 0.3 is 0 Å². The van der Waals surface area contributed by atoms with Crippen LogP contribution in [0, 0.1) is 11.2 Å². The third-order valence-electron chi connectivity index (χ3n) is 4.61. The van der Waals surface area contributed by atoms with Crippen LogP contribution in [0.15, 0.2) is 24.3 Å². The Morgan fingerprint density at radius 2 is 1.92 bits per heavy atom. The molecule has 0 spiro atoms. The van der Waals surface area contributed by atoms with Crippen molar-refractivity contribution in [1.82, 2.24) is 10.2 Å². The number of nitrogens with zero attached hydrogens (tertiary/aromatic N) is 1. The molecule has 0 unspecified atom stereocenters. The third-order valence-corrected chi connectivity index (χ3v) is 4.61. The van der Waals surface area contributed by atoms with E-state index in [2.05, 4.69) is 5.32 Å². The van der Waals surface area contributed by atoms with E-state index in [1.807, 2.05) is 20.8 Å². The zero-order valence-electron chi connectivity index (χ0n) is 15.2. The normalized spacial score (nSPS) is 21.1. The van der Waals surface area contributed by atoms with Crippen LogP contribution in [0.5, 0.6) is 0 Å². The van der Waals surface area contributed by atoms with Gasteiger partial charge in [0.15, 0.2) is 0 Å². The fourth-order valence-corrected chi connectivity index (χ4v) is 3.04. The highest BCUT2D eigenvalue weighted by molar-refractivity contribution is 5.82. The van der Waals surface area contributed by atoms with Crippen LogP contribution in [0.2, 0.25) is 0 Å². The standard InChI is InChI=1S/C19H28FN3O2/c1-19(2,3)18(25)22-10-8-17(24)23-11-9-15(16(21)12-23)13-4-6-14(20)7-5-13/h4-7,15-16H,8-12,21H2,1-3H3,(H,22,25)/t15-,16+/m1/s1. The number of hydrogen-bond acceptors (Lipinski definition) is 3. The van der Waals surface area contributed by atoms with Crippen molar-refractivity contribution in [3.05, 3.63) is 35.6 Å². The molecular formula is C19H28FN3O2. The minimum absolute atomic E-state index is 0.00205. The zero-order valence-corrected chi connectivity index (χ0v) is 15.2. The number of carbonyl (C=O) groups is 2. The van der Waals surface area contributed by atoms with Crippen molar-refractivity contribution in [1.29, 1.82) is 0 Å². The van der Waals surface area contributed by atoms with Gasteiger partial charge in [-0.3, -0.25) is 9.59 Å². The highest BCUT2D eigenvalue weighted by Gasteiger charge is 2.30. The fraction of sp³-hybridized carbons (Fsp3) is 0.579. The topological polar surface area (TPSA) is 75.4 Å². The van der Waals surface area contributed by atoms with Crippen molar-refractivity contribution in [3.63, 3.8) is 0 Å². The van der Waals surface area contributed by atoms with Gasteiger partial charge in [-0.1, -0.05) is 32.9 Å². The Kier molecular flexibility index (Phi) is 6.16. The first-order valence-corrected chi connectivity index (χ1v) is 8.75. The molecule has 1 fully saturated rings. The van der Waals surface area contributed by atoms with Gasteiger partial charge in [0.25, 0.3) is 0 Å². The van der Waals surface area contributed by atoms with Gasteiger partial charge in [0.2, 0.25) is 11.8 Å². The molecule has 1 aromatic carbocycles. The molecular weight excluding hydrogens is 321 g/mol. The summed E-state index contributed by atoms with van der Waals surface area (Å²) >= 11 is 0. The fourth-order valence-electron chi connectivity index (χ4n) is 3.04. The predicted octanol–water partition coefficient (Wildman–Crippen LogP) is 2.02. The van der Waals surface area contributed by atoms with Crippen LogP contribution in [0.3, 0.4) is 0 Å². The molecule has 0 saturated carbocycles. The third kappa shape index (κ3) is 5.26. The molecule has 138 valence electrons. The van der Waals surface area contributed by atoms with E-state index in [-0.39, 0.29) is 36.0 Å². The van der Waals surface area contributed by atoms with Crippen LogP contribution in [0.4, 0.5) is 4.39 Å². The van der Waals surface area contributed by atoms with Gasteiger partial charge in [-0.25, -0.2) is 4.39 Å². The smallest absolute Gasteiger partial charge is 0.225 e. The largest absolute Gasteiger partial charge is 0.355 e. The van der Waals surface area contributed by atoms with Gasteiger partial charge < -0.3 is 16.0 Å². The lowest BCUT2D eigenvalue weighted by atomic mass is 9.85. The molecule has 1 heterocycles. The first kappa shape index (κ1) is 19.4. The van der Waals surface area contributed by atoms with Crippen molar-refractivity contribution in [3.8, 4) is 0 Å². The Bertz CT molecular complexity index is 610. The van der Waals surface area contributed by atoms with Crippen LogP contribution in [0.25, 0.3) is 0 Å². The van der Waals surface area contributed by atoms with Crippen LogP contribution in [-0.4, -0.2) is 42.4 Å². The summed E-state index contributed by atoms with van der Waals surface area (Å²) in [5.74, 6) is -0.193. The van der Waals surface area contributed by atoms with Crippen molar-refractivity contribution in [2.45, 2.75) is 45.6 Å². The zero-order chi connectivity index (χ0) is 18.6. The molecule has 6 heteroatoms. The number of halogens is 1. The molecule has 0 radical (unpaired) electrons. The summed E-state index contributed by atoms with van der Waals surface area (Å²) in [6, 6.07) is 6.24. The summed E-state index contributed by atoms with van der Waals surface area (Å²) in [5.41, 5.74) is 6.81. The van der Waals surface area contributed by atoms with E-state index in [0.29, 0.717) is 19.6 Å². The number of likely N-dealkylation sites (tertiary alicyclic amines) is 1. The maximum atomic E-state index is 13.1. The monoisotopic (exact) mass is 349 g/mol. The van der Waals surface area contributed by atoms with Crippen LogP contribution >= 0.6 is 0 Å². The molecule has 2 amide bonds. The number of carbonyl (C=O) groups excluding carboxylic acids is 2. The quantitative estimate of drug-likeness (QED) is 0.873. The number of amides is 2. The van der Waals surface area contributed by atoms with E-state index in [9.17, 15) is 14.0 Å². The summed E-state index contributed by atoms with van der Waals surface area (Å²) in [7, 11) is 0. The predicted molar refractivity (Wildman–Crippen MR) is 95.4 cm³/mol. The average molecular weight is 349 g/mol. The van der Waals surface area contributed by atoms with Gasteiger partial charge in [-0.05, 0) is 24.1 Å². The summed E-state index contributed by atoms with van der Waals surface area (Å²) in [4.78, 5) is 25.9. The molecule has 5 nitrogen and oxygen atoms in total. The van der Waals surface area contributed by atoms with Crippen molar-refractivity contribution < 1.29 is 14.0 Å². The summed E-state index contributed by atoms with van der Waals surface area (Å²) < 4.78 is 13.1. The summed E-state index contributed by atoms with van der Waals surface area (Å²) in [5, 5.41) is 2.79. The van der Waals surface area contributed by atoms with E-state index >= 15 is 0 Å². The molecule has 1 aliphatic rings. The second kappa shape index (κ2) is 7.95. The maximum absolute atomic E-state index is 13.1. The molecule has 0 aliphatic carbocycles. The second-order valence-corrected chi connectivity index (χ2v) is 7.71. The lowest BCUT2D eigenvalue weighted by Crippen LogP contribution is -2.50. The maximum Gasteiger partial charge on any atom is 0.225 e. The number of hydrogen-bond donors (Lipinski definition) is 2. The number of rotatable bonds is 4. The van der Waals surface area contributed by atoms with Gasteiger partial charge in [-0.2, -0.15) is 0 Å². The van der Waals surface area contributed by atoms with Crippen LogP contribution in [-0.2, 0) is 9.59 Å². The van der Waals surface area contributed by atoms with Gasteiger partial charge in [0, 0.05) is 43.4 Å². The minimum atomic E-state index is -0.459. The molecule has 1 saturated heterocycles. The Labute approximate surface area is 148 Å². The van der Waals surface area contributed by atoms with Crippen molar-refractivity contribution >= 4 is 11.8 Å². The lowest BCUT2D eigenvalue weighted by Gasteiger charge is -2.37. The van der Waals surface area contributed by atoms with Gasteiger partial charge in [0.05, 0.1) is 0 Å². The lowest BCUT2D eigenvalue weighted by molar-refractivity contribution is -0.133. The molecule has 1 aromatic rings. The Balaban J connectivity index is 1.82.